The molecule has 6 nitrogen and oxygen atoms in total. The SMILES string of the molecule is O=[N][Os](=[O])(=[O])(=[O])=[O]. The van der Waals surface area contributed by atoms with Crippen LogP contribution in [0.4, 0.5) is 0 Å². The zero-order valence-corrected chi connectivity index (χ0v) is 5.38. The van der Waals surface area contributed by atoms with Gasteiger partial charge in [0.2, 0.25) is 0 Å². The Morgan fingerprint density at radius 3 is 1.14 bits per heavy atom. The standard InChI is InChI=1S/NO.4O.Os/c1-2;;;;;/q-1;;;;;+1. The van der Waals surface area contributed by atoms with E-state index in [0.29, 0.717) is 0 Å². The molecule has 0 aromatic carbocycles. The van der Waals surface area contributed by atoms with Crippen LogP contribution >= 0.6 is 0 Å². The molecule has 0 saturated heterocycles. The number of nitrogens with zero attached hydrogens (tertiary/aromatic N) is 1. The van der Waals surface area contributed by atoms with Crippen LogP contribution in [0, 0.1) is 4.91 Å². The van der Waals surface area contributed by atoms with E-state index in [0.717, 1.165) is 3.88 Å². The fourth-order valence-corrected chi connectivity index (χ4v) is 0. The van der Waals surface area contributed by atoms with Crippen LogP contribution in [0.25, 0.3) is 0 Å². The van der Waals surface area contributed by atoms with Crippen molar-refractivity contribution in [1.29, 1.82) is 0 Å². The van der Waals surface area contributed by atoms with Crippen molar-refractivity contribution in [1.82, 2.24) is 0 Å². The molecule has 0 unspecified atom stereocenters. The maximum atomic E-state index is 9.10. The Morgan fingerprint density at radius 2 is 1.14 bits per heavy atom. The predicted octanol–water partition coefficient (Wildman–Crippen LogP) is -0.261. The zero-order valence-electron chi connectivity index (χ0n) is 2.84. The molecule has 0 atom stereocenters. The molecule has 7 heavy (non-hydrogen) atoms. The predicted molar refractivity (Wildman–Crippen MR) is 8.54 cm³/mol. The molecule has 0 aliphatic rings. The monoisotopic (exact) mass is 286 g/mol. The van der Waals surface area contributed by atoms with Crippen LogP contribution < -0.4 is 0 Å². The molecular weight excluding hydrogens is 284 g/mol. The first-order valence-electron chi connectivity index (χ1n) is 0.918. The summed E-state index contributed by atoms with van der Waals surface area (Å²) in [6.45, 7) is 0. The van der Waals surface area contributed by atoms with Crippen molar-refractivity contribution in [3.63, 3.8) is 0 Å². The maximum absolute atomic E-state index is 9.10. The van der Waals surface area contributed by atoms with Crippen molar-refractivity contribution >= 4 is 0 Å². The molecule has 0 saturated carbocycles. The molecule has 0 aromatic rings. The molecular formula is NO5Os. The van der Waals surface area contributed by atoms with Crippen LogP contribution in [0.3, 0.4) is 0 Å². The summed E-state index contributed by atoms with van der Waals surface area (Å²) in [7, 11) is 0. The molecule has 0 radical (unpaired) electrons. The van der Waals surface area contributed by atoms with Crippen molar-refractivity contribution in [3.05, 3.63) is 4.91 Å². The van der Waals surface area contributed by atoms with Crippen molar-refractivity contribution < 1.29 is 28.0 Å². The van der Waals surface area contributed by atoms with Crippen LogP contribution in [0.5, 0.6) is 0 Å². The first kappa shape index (κ1) is 6.44. The summed E-state index contributed by atoms with van der Waals surface area (Å²) in [5, 5.41) is 0. The van der Waals surface area contributed by atoms with Gasteiger partial charge in [-0.1, -0.05) is 0 Å². The molecule has 0 amide bonds. The molecule has 0 rings (SSSR count). The summed E-state index contributed by atoms with van der Waals surface area (Å²) < 4.78 is 37.3. The van der Waals surface area contributed by atoms with Gasteiger partial charge in [-0.2, -0.15) is 0 Å². The Hall–Kier alpha value is -0.564. The molecule has 0 aliphatic heterocycles. The molecule has 0 aromatic heterocycles. The van der Waals surface area contributed by atoms with E-state index in [2.05, 4.69) is 0 Å². The van der Waals surface area contributed by atoms with E-state index in [1.165, 1.54) is 0 Å². The van der Waals surface area contributed by atoms with E-state index >= 15 is 0 Å². The second-order valence-electron chi connectivity index (χ2n) is 0.676. The Balaban J connectivity index is 6.00. The summed E-state index contributed by atoms with van der Waals surface area (Å²) >= 11 is -7.64. The van der Waals surface area contributed by atoms with Gasteiger partial charge in [-0.25, -0.2) is 0 Å². The van der Waals surface area contributed by atoms with Crippen molar-refractivity contribution in [2.75, 3.05) is 0 Å². The fraction of sp³-hybridized carbons (Fsp3) is 0. The summed E-state index contributed by atoms with van der Waals surface area (Å²) in [4.78, 5) is 8.74. The Morgan fingerprint density at radius 1 is 1.00 bits per heavy atom. The molecule has 43 valence electrons. The zero-order chi connectivity index (χ0) is 6.15. The second-order valence-corrected chi connectivity index (χ2v) is 5.54. The van der Waals surface area contributed by atoms with E-state index in [9.17, 15) is 0 Å². The average molecular weight is 284 g/mol. The van der Waals surface area contributed by atoms with Gasteiger partial charge in [0.05, 0.1) is 0 Å². The summed E-state index contributed by atoms with van der Waals surface area (Å²) in [5.41, 5.74) is 0. The van der Waals surface area contributed by atoms with E-state index in [1.54, 1.807) is 0 Å². The third-order valence-corrected chi connectivity index (χ3v) is 0.863. The first-order valence-corrected chi connectivity index (χ1v) is 6.20. The molecule has 7 heteroatoms. The molecule has 0 aliphatic carbocycles. The van der Waals surface area contributed by atoms with Crippen molar-refractivity contribution in [3.8, 4) is 0 Å². The number of rotatable bonds is 1. The van der Waals surface area contributed by atoms with Gasteiger partial charge < -0.3 is 0 Å². The molecule has 0 spiro atoms. The minimum absolute atomic E-state index is 0.878. The molecule has 0 heterocycles. The summed E-state index contributed by atoms with van der Waals surface area (Å²) in [6, 6.07) is 0. The molecule has 0 fully saturated rings. The summed E-state index contributed by atoms with van der Waals surface area (Å²) in [6.07, 6.45) is 0. The van der Waals surface area contributed by atoms with Crippen LogP contribution in [-0.4, -0.2) is 0 Å². The van der Waals surface area contributed by atoms with Gasteiger partial charge in [-0.3, -0.25) is 0 Å². The van der Waals surface area contributed by atoms with Gasteiger partial charge in [0.1, 0.15) is 0 Å². The number of hydrogen-bond donors (Lipinski definition) is 0. The van der Waals surface area contributed by atoms with Crippen molar-refractivity contribution in [2.24, 2.45) is 3.88 Å². The van der Waals surface area contributed by atoms with E-state index < -0.39 is 13.9 Å². The van der Waals surface area contributed by atoms with Gasteiger partial charge >= 0.3 is 36.8 Å². The van der Waals surface area contributed by atoms with E-state index in [-0.39, 0.29) is 0 Å². The van der Waals surface area contributed by atoms with Gasteiger partial charge in [-0.15, -0.1) is 0 Å². The third-order valence-electron chi connectivity index (χ3n) is 0.105. The average Bonchev–Trinajstić information content (AvgIpc) is 1.32. The molecule has 0 bridgehead atoms. The minimum atomic E-state index is -7.64. The topological polar surface area (TPSA) is 97.7 Å². The van der Waals surface area contributed by atoms with Gasteiger partial charge in [0.15, 0.2) is 0 Å². The van der Waals surface area contributed by atoms with Crippen molar-refractivity contribution in [2.45, 2.75) is 0 Å². The Kier molecular flexibility index (Phi) is 0.903. The second kappa shape index (κ2) is 0.982. The Bertz CT molecular complexity index is 276. The van der Waals surface area contributed by atoms with Gasteiger partial charge in [0.25, 0.3) is 0 Å². The van der Waals surface area contributed by atoms with Crippen LogP contribution in [0.15, 0.2) is 3.88 Å². The first-order chi connectivity index (χ1) is 2.81. The van der Waals surface area contributed by atoms with Gasteiger partial charge in [-0.05, 0) is 0 Å². The third kappa shape index (κ3) is 5.44. The summed E-state index contributed by atoms with van der Waals surface area (Å²) in [5.74, 6) is 0. The van der Waals surface area contributed by atoms with E-state index in [4.69, 9.17) is 19.1 Å². The van der Waals surface area contributed by atoms with Crippen LogP contribution in [0.1, 0.15) is 0 Å². The Labute approximate surface area is 37.6 Å². The normalized spacial score (nSPS) is 16.9. The van der Waals surface area contributed by atoms with E-state index in [1.807, 2.05) is 0 Å². The molecule has 0 N–H and O–H groups in total. The number of nitroso groups, excluding NO2 is 1. The quantitative estimate of drug-likeness (QED) is 0.618. The van der Waals surface area contributed by atoms with Gasteiger partial charge in [0, 0.05) is 0 Å². The van der Waals surface area contributed by atoms with Crippen LogP contribution in [0.2, 0.25) is 0 Å². The fourth-order valence-electron chi connectivity index (χ4n) is 0. The van der Waals surface area contributed by atoms with Crippen LogP contribution in [-0.2, 0) is 28.0 Å². The number of hydrogen-bond acceptors (Lipinski definition) is 5.